The molecule has 1 rings (SSSR count). The highest BCUT2D eigenvalue weighted by atomic mass is 32.2. The lowest BCUT2D eigenvalue weighted by Gasteiger charge is -2.32. The van der Waals surface area contributed by atoms with Gasteiger partial charge in [0.2, 0.25) is 5.91 Å². The number of hydrogen-bond acceptors (Lipinski definition) is 2. The van der Waals surface area contributed by atoms with E-state index in [1.165, 1.54) is 4.31 Å². The van der Waals surface area contributed by atoms with Gasteiger partial charge in [0.05, 0.1) is 9.71 Å². The summed E-state index contributed by atoms with van der Waals surface area (Å²) in [5.74, 6) is 3.97. The zero-order chi connectivity index (χ0) is 9.57. The summed E-state index contributed by atoms with van der Waals surface area (Å²) in [6.07, 6.45) is 0.375. The standard InChI is InChI=1S/C8H15NO2S/c1-8(2,3)9-7(10)5-6-12(9,4)11/h4-6H2,1-3H3. The molecule has 70 valence electrons. The van der Waals surface area contributed by atoms with Crippen LogP contribution in [0.25, 0.3) is 0 Å². The molecule has 4 heteroatoms. The predicted molar refractivity (Wildman–Crippen MR) is 51.3 cm³/mol. The number of carbonyl (C=O) groups excluding carboxylic acids is 1. The lowest BCUT2D eigenvalue weighted by Crippen LogP contribution is -2.44. The Morgan fingerprint density at radius 2 is 2.00 bits per heavy atom. The number of carbonyl (C=O) groups is 1. The van der Waals surface area contributed by atoms with Crippen molar-refractivity contribution in [2.24, 2.45) is 0 Å². The Kier molecular flexibility index (Phi) is 1.98. The summed E-state index contributed by atoms with van der Waals surface area (Å²) in [4.78, 5) is 11.3. The molecule has 1 heterocycles. The van der Waals surface area contributed by atoms with Crippen LogP contribution < -0.4 is 0 Å². The van der Waals surface area contributed by atoms with Crippen molar-refractivity contribution in [1.82, 2.24) is 4.31 Å². The molecule has 1 fully saturated rings. The Hall–Kier alpha value is -0.510. The molecule has 0 saturated carbocycles. The molecule has 1 aliphatic rings. The van der Waals surface area contributed by atoms with Crippen LogP contribution in [0.4, 0.5) is 0 Å². The first-order chi connectivity index (χ1) is 5.25. The van der Waals surface area contributed by atoms with Crippen molar-refractivity contribution in [3.63, 3.8) is 0 Å². The molecule has 0 radical (unpaired) electrons. The normalized spacial score (nSPS) is 31.2. The van der Waals surface area contributed by atoms with Crippen LogP contribution in [-0.4, -0.2) is 31.6 Å². The Morgan fingerprint density at radius 3 is 2.17 bits per heavy atom. The lowest BCUT2D eigenvalue weighted by molar-refractivity contribution is -0.127. The highest BCUT2D eigenvalue weighted by Crippen LogP contribution is 2.25. The maximum absolute atomic E-state index is 11.8. The number of rotatable bonds is 0. The minimum Gasteiger partial charge on any atom is -0.274 e. The van der Waals surface area contributed by atoms with E-state index in [2.05, 4.69) is 5.87 Å². The number of nitrogens with zero attached hydrogens (tertiary/aromatic N) is 1. The molecule has 1 aliphatic heterocycles. The fourth-order valence-electron chi connectivity index (χ4n) is 1.50. The van der Waals surface area contributed by atoms with E-state index >= 15 is 0 Å². The summed E-state index contributed by atoms with van der Waals surface area (Å²) in [5.41, 5.74) is -0.369. The summed E-state index contributed by atoms with van der Waals surface area (Å²) < 4.78 is 13.2. The van der Waals surface area contributed by atoms with Gasteiger partial charge < -0.3 is 0 Å². The van der Waals surface area contributed by atoms with E-state index in [1.807, 2.05) is 20.8 Å². The first-order valence-corrected chi connectivity index (χ1v) is 5.78. The zero-order valence-electron chi connectivity index (χ0n) is 7.79. The number of amides is 1. The molecule has 3 nitrogen and oxygen atoms in total. The van der Waals surface area contributed by atoms with E-state index < -0.39 is 9.71 Å². The van der Waals surface area contributed by atoms with E-state index in [-0.39, 0.29) is 11.4 Å². The largest absolute Gasteiger partial charge is 0.274 e. The van der Waals surface area contributed by atoms with Crippen molar-refractivity contribution in [2.75, 3.05) is 5.75 Å². The predicted octanol–water partition coefficient (Wildman–Crippen LogP) is 0.649. The van der Waals surface area contributed by atoms with Gasteiger partial charge in [-0.25, -0.2) is 4.21 Å². The molecule has 0 aromatic heterocycles. The van der Waals surface area contributed by atoms with Crippen LogP contribution in [-0.2, 0) is 14.5 Å². The second-order valence-electron chi connectivity index (χ2n) is 4.09. The third kappa shape index (κ3) is 1.48. The van der Waals surface area contributed by atoms with Gasteiger partial charge in [-0.05, 0) is 26.6 Å². The first kappa shape index (κ1) is 9.58. The Morgan fingerprint density at radius 1 is 1.50 bits per heavy atom. The van der Waals surface area contributed by atoms with Crippen molar-refractivity contribution < 1.29 is 9.00 Å². The molecule has 1 unspecified atom stereocenters. The van der Waals surface area contributed by atoms with Gasteiger partial charge in [-0.15, -0.1) is 0 Å². The van der Waals surface area contributed by atoms with Gasteiger partial charge in [0.15, 0.2) is 0 Å². The van der Waals surface area contributed by atoms with Crippen molar-refractivity contribution >= 4 is 21.5 Å². The smallest absolute Gasteiger partial charge is 0.235 e. The SMILES string of the molecule is C=S1(=O)CCC(=O)N1C(C)(C)C. The fourth-order valence-corrected chi connectivity index (χ4v) is 3.64. The second kappa shape index (κ2) is 2.49. The average molecular weight is 189 g/mol. The molecule has 12 heavy (non-hydrogen) atoms. The molecule has 1 saturated heterocycles. The average Bonchev–Trinajstić information content (AvgIpc) is 2.03. The van der Waals surface area contributed by atoms with Crippen molar-refractivity contribution in [3.8, 4) is 0 Å². The molecular weight excluding hydrogens is 174 g/mol. The van der Waals surface area contributed by atoms with Crippen LogP contribution in [0.15, 0.2) is 0 Å². The van der Waals surface area contributed by atoms with E-state index in [9.17, 15) is 9.00 Å². The second-order valence-corrected chi connectivity index (χ2v) is 6.40. The molecule has 1 amide bonds. The third-order valence-corrected chi connectivity index (χ3v) is 4.06. The third-order valence-electron chi connectivity index (χ3n) is 1.80. The van der Waals surface area contributed by atoms with Gasteiger partial charge in [0.1, 0.15) is 0 Å². The number of hydrogen-bond donors (Lipinski definition) is 0. The Balaban J connectivity index is 3.11. The Bertz CT molecular complexity index is 298. The highest BCUT2D eigenvalue weighted by molar-refractivity contribution is 7.99. The quantitative estimate of drug-likeness (QED) is 0.525. The molecule has 0 aromatic carbocycles. The van der Waals surface area contributed by atoms with Gasteiger partial charge in [-0.1, -0.05) is 0 Å². The highest BCUT2D eigenvalue weighted by Gasteiger charge is 2.37. The van der Waals surface area contributed by atoms with Crippen LogP contribution in [0, 0.1) is 0 Å². The molecular formula is C8H15NO2S. The maximum Gasteiger partial charge on any atom is 0.235 e. The van der Waals surface area contributed by atoms with Crippen LogP contribution in [0.5, 0.6) is 0 Å². The lowest BCUT2D eigenvalue weighted by atomic mass is 10.1. The summed E-state index contributed by atoms with van der Waals surface area (Å²) in [6.45, 7) is 5.63. The maximum atomic E-state index is 11.8. The van der Waals surface area contributed by atoms with E-state index in [0.29, 0.717) is 12.2 Å². The minimum atomic E-state index is -2.31. The molecule has 0 N–H and O–H groups in total. The van der Waals surface area contributed by atoms with E-state index in [4.69, 9.17) is 0 Å². The van der Waals surface area contributed by atoms with Gasteiger partial charge in [0.25, 0.3) is 0 Å². The first-order valence-electron chi connectivity index (χ1n) is 3.93. The van der Waals surface area contributed by atoms with E-state index in [0.717, 1.165) is 0 Å². The topological polar surface area (TPSA) is 37.4 Å². The summed E-state index contributed by atoms with van der Waals surface area (Å²) >= 11 is 0. The van der Waals surface area contributed by atoms with Gasteiger partial charge in [-0.2, -0.15) is 0 Å². The molecule has 0 bridgehead atoms. The molecule has 0 spiro atoms. The summed E-state index contributed by atoms with van der Waals surface area (Å²) in [5, 5.41) is 0. The molecule has 0 aliphatic carbocycles. The van der Waals surface area contributed by atoms with Crippen LogP contribution in [0.1, 0.15) is 27.2 Å². The van der Waals surface area contributed by atoms with Gasteiger partial charge in [0, 0.05) is 17.7 Å². The summed E-state index contributed by atoms with van der Waals surface area (Å²) in [6, 6.07) is 0. The monoisotopic (exact) mass is 189 g/mol. The van der Waals surface area contributed by atoms with Crippen LogP contribution in [0.2, 0.25) is 0 Å². The zero-order valence-corrected chi connectivity index (χ0v) is 8.61. The van der Waals surface area contributed by atoms with E-state index in [1.54, 1.807) is 0 Å². The van der Waals surface area contributed by atoms with Crippen molar-refractivity contribution in [1.29, 1.82) is 0 Å². The van der Waals surface area contributed by atoms with Crippen molar-refractivity contribution in [3.05, 3.63) is 0 Å². The van der Waals surface area contributed by atoms with Crippen LogP contribution >= 0.6 is 0 Å². The van der Waals surface area contributed by atoms with Crippen LogP contribution in [0.3, 0.4) is 0 Å². The fraction of sp³-hybridized carbons (Fsp3) is 0.750. The van der Waals surface area contributed by atoms with Gasteiger partial charge in [-0.3, -0.25) is 9.10 Å². The molecule has 1 atom stereocenters. The Labute approximate surface area is 73.9 Å². The minimum absolute atomic E-state index is 0.0394. The van der Waals surface area contributed by atoms with Gasteiger partial charge >= 0.3 is 0 Å². The van der Waals surface area contributed by atoms with Crippen molar-refractivity contribution in [2.45, 2.75) is 32.7 Å². The summed E-state index contributed by atoms with van der Waals surface area (Å²) in [7, 11) is -2.31. The molecule has 0 aromatic rings.